The molecule has 2 heterocycles. The average molecular weight is 477 g/mol. The van der Waals surface area contributed by atoms with Gasteiger partial charge < -0.3 is 0 Å². The first-order chi connectivity index (χ1) is 14.9. The molecule has 4 rings (SSSR count). The summed E-state index contributed by atoms with van der Waals surface area (Å²) in [5.41, 5.74) is 0.343. The third kappa shape index (κ3) is 4.39. The lowest BCUT2D eigenvalue weighted by molar-refractivity contribution is 0.102. The van der Waals surface area contributed by atoms with Gasteiger partial charge in [-0.3, -0.25) is 19.8 Å². The summed E-state index contributed by atoms with van der Waals surface area (Å²) in [5, 5.41) is 17.4. The number of aromatic nitrogens is 3. The van der Waals surface area contributed by atoms with Crippen molar-refractivity contribution in [1.82, 2.24) is 15.2 Å². The topological polar surface area (TPSA) is 140 Å². The monoisotopic (exact) mass is 476 g/mol. The summed E-state index contributed by atoms with van der Waals surface area (Å²) >= 11 is -0.994. The molecule has 0 radical (unpaired) electrons. The lowest BCUT2D eigenvalue weighted by atomic mass is 10.0. The molecule has 8 nitrogen and oxygen atoms in total. The number of hydrogen-bond donors (Lipinski definition) is 4. The lowest BCUT2D eigenvalue weighted by Gasteiger charge is -2.09. The van der Waals surface area contributed by atoms with Crippen molar-refractivity contribution in [1.29, 1.82) is 0 Å². The number of nitrogens with one attached hydrogen (secondary N) is 2. The number of ketones is 1. The molecule has 0 amide bonds. The molecular weight excluding hydrogens is 458 g/mol. The highest BCUT2D eigenvalue weighted by atomic mass is 32.2. The fraction of sp³-hybridized carbons (Fsp3) is 0.0500. The summed E-state index contributed by atoms with van der Waals surface area (Å²) < 4.78 is 42.4. The molecule has 0 bridgehead atoms. The van der Waals surface area contributed by atoms with Crippen molar-refractivity contribution in [3.8, 4) is 11.1 Å². The maximum atomic E-state index is 14.8. The molecule has 0 aliphatic rings. The van der Waals surface area contributed by atoms with Gasteiger partial charge in [-0.05, 0) is 47.8 Å². The number of nitrogens with zero attached hydrogens (tertiary/aromatic N) is 2. The van der Waals surface area contributed by atoms with Crippen LogP contribution >= 0.6 is 11.9 Å². The molecule has 1 unspecified atom stereocenters. The van der Waals surface area contributed by atoms with Crippen LogP contribution in [0.15, 0.2) is 53.6 Å². The van der Waals surface area contributed by atoms with Crippen LogP contribution in [0.25, 0.3) is 22.2 Å². The fourth-order valence-corrected chi connectivity index (χ4v) is 3.70. The van der Waals surface area contributed by atoms with Crippen molar-refractivity contribution in [2.75, 3.05) is 4.72 Å². The van der Waals surface area contributed by atoms with Gasteiger partial charge in [0.2, 0.25) is 5.78 Å². The Kier molecular flexibility index (Phi) is 6.99. The van der Waals surface area contributed by atoms with Crippen LogP contribution in [0.5, 0.6) is 0 Å². The summed E-state index contributed by atoms with van der Waals surface area (Å²) in [6.45, 7) is 0. The molecule has 0 aliphatic heterocycles. The van der Waals surface area contributed by atoms with Gasteiger partial charge in [0.1, 0.15) is 11.5 Å². The van der Waals surface area contributed by atoms with Gasteiger partial charge in [-0.15, -0.1) is 0 Å². The lowest BCUT2D eigenvalue weighted by Crippen LogP contribution is -2.16. The second-order valence-electron chi connectivity index (χ2n) is 6.35. The minimum atomic E-state index is -2.10. The Morgan fingerprint density at radius 1 is 1.12 bits per heavy atom. The second kappa shape index (κ2) is 9.53. The number of anilines is 1. The third-order valence-electron chi connectivity index (χ3n) is 4.49. The van der Waals surface area contributed by atoms with E-state index in [0.717, 1.165) is 34.5 Å². The highest BCUT2D eigenvalue weighted by Crippen LogP contribution is 2.29. The normalized spacial score (nSPS) is 11.8. The van der Waals surface area contributed by atoms with Crippen LogP contribution in [0.3, 0.4) is 0 Å². The van der Waals surface area contributed by atoms with Crippen LogP contribution in [0.1, 0.15) is 23.5 Å². The van der Waals surface area contributed by atoms with Crippen molar-refractivity contribution in [2.45, 2.75) is 12.3 Å². The maximum Gasteiger partial charge on any atom is 0.217 e. The van der Waals surface area contributed by atoms with Gasteiger partial charge >= 0.3 is 0 Å². The first-order valence-electron chi connectivity index (χ1n) is 8.66. The van der Waals surface area contributed by atoms with Crippen LogP contribution in [0, 0.1) is 11.6 Å². The minimum Gasteiger partial charge on any atom is -0.290 e. The van der Waals surface area contributed by atoms with Gasteiger partial charge in [-0.2, -0.15) is 5.10 Å². The van der Waals surface area contributed by atoms with Gasteiger partial charge in [0.15, 0.2) is 22.6 Å². The molecule has 4 aromatic rings. The zero-order valence-corrected chi connectivity index (χ0v) is 17.2. The molecular formula is C20H18F2N6O2S2. The van der Waals surface area contributed by atoms with Gasteiger partial charge in [0.25, 0.3) is 0 Å². The van der Waals surface area contributed by atoms with E-state index in [9.17, 15) is 17.8 Å². The average Bonchev–Trinajstić information content (AvgIpc) is 3.19. The van der Waals surface area contributed by atoms with Crippen molar-refractivity contribution in [2.24, 2.45) is 10.3 Å². The van der Waals surface area contributed by atoms with E-state index in [0.29, 0.717) is 10.9 Å². The van der Waals surface area contributed by atoms with Crippen molar-refractivity contribution >= 4 is 45.6 Å². The Morgan fingerprint density at radius 2 is 1.84 bits per heavy atom. The Morgan fingerprint density at radius 3 is 2.50 bits per heavy atom. The van der Waals surface area contributed by atoms with Gasteiger partial charge in [-0.1, -0.05) is 19.6 Å². The molecule has 32 heavy (non-hydrogen) atoms. The SMILES string of the molecule is C.NSc1ccc(-c2cnc3n[nH]c(C(=O)c4c(F)ccc(NS(N)=O)c4F)c3c2)cc1. The summed E-state index contributed by atoms with van der Waals surface area (Å²) in [6, 6.07) is 10.9. The van der Waals surface area contributed by atoms with Crippen LogP contribution < -0.4 is 15.0 Å². The molecule has 6 N–H and O–H groups in total. The predicted octanol–water partition coefficient (Wildman–Crippen LogP) is 3.69. The second-order valence-corrected chi connectivity index (χ2v) is 7.85. The highest BCUT2D eigenvalue weighted by molar-refractivity contribution is 7.97. The first kappa shape index (κ1) is 23.5. The molecule has 0 spiro atoms. The standard InChI is InChI=1S/C19H14F2N6O2S2.CH4/c20-13-5-6-14(27-31(23)29)16(21)15(13)18(28)17-12-7-10(8-24-19(12)26-25-17)9-1-3-11(30-22)4-2-9;/h1-8,27H,22-23H2,(H,24,25,26);1H4. The molecule has 0 aliphatic carbocycles. The molecule has 166 valence electrons. The molecule has 0 saturated heterocycles. The van der Waals surface area contributed by atoms with Gasteiger partial charge in [0, 0.05) is 16.7 Å². The van der Waals surface area contributed by atoms with Crippen LogP contribution in [0.4, 0.5) is 14.5 Å². The Hall–Kier alpha value is -3.19. The number of carbonyl (C=O) groups excluding carboxylic acids is 1. The number of aromatic amines is 1. The van der Waals surface area contributed by atoms with Crippen molar-refractivity contribution < 1.29 is 17.8 Å². The van der Waals surface area contributed by atoms with E-state index in [4.69, 9.17) is 10.3 Å². The predicted molar refractivity (Wildman–Crippen MR) is 122 cm³/mol. The van der Waals surface area contributed by atoms with E-state index in [1.165, 1.54) is 0 Å². The maximum absolute atomic E-state index is 14.8. The van der Waals surface area contributed by atoms with Gasteiger partial charge in [0.05, 0.1) is 16.6 Å². The van der Waals surface area contributed by atoms with Crippen LogP contribution in [-0.4, -0.2) is 25.2 Å². The number of H-pyrrole nitrogens is 1. The highest BCUT2D eigenvalue weighted by Gasteiger charge is 2.25. The fourth-order valence-electron chi connectivity index (χ4n) is 3.03. The van der Waals surface area contributed by atoms with E-state index in [2.05, 4.69) is 19.9 Å². The molecule has 2 aromatic heterocycles. The Balaban J connectivity index is 0.00000289. The van der Waals surface area contributed by atoms with Gasteiger partial charge in [-0.25, -0.2) is 23.1 Å². The smallest absolute Gasteiger partial charge is 0.217 e. The van der Waals surface area contributed by atoms with Crippen LogP contribution in [0.2, 0.25) is 0 Å². The van der Waals surface area contributed by atoms with E-state index in [1.54, 1.807) is 12.3 Å². The Labute approximate surface area is 188 Å². The van der Waals surface area contributed by atoms with E-state index < -0.39 is 34.2 Å². The zero-order valence-electron chi connectivity index (χ0n) is 15.6. The molecule has 2 aromatic carbocycles. The first-order valence-corrected chi connectivity index (χ1v) is 10.7. The van der Waals surface area contributed by atoms with Crippen molar-refractivity contribution in [3.05, 3.63) is 71.6 Å². The number of pyridine rings is 1. The molecule has 0 saturated carbocycles. The molecule has 1 atom stereocenters. The summed E-state index contributed by atoms with van der Waals surface area (Å²) in [5.74, 6) is -3.28. The largest absolute Gasteiger partial charge is 0.290 e. The number of halogens is 2. The molecule has 12 heteroatoms. The van der Waals surface area contributed by atoms with E-state index in [-0.39, 0.29) is 24.5 Å². The summed E-state index contributed by atoms with van der Waals surface area (Å²) in [4.78, 5) is 18.1. The summed E-state index contributed by atoms with van der Waals surface area (Å²) in [7, 11) is 0. The van der Waals surface area contributed by atoms with E-state index in [1.807, 2.05) is 24.3 Å². The quantitative estimate of drug-likeness (QED) is 0.247. The Bertz CT molecular complexity index is 1330. The summed E-state index contributed by atoms with van der Waals surface area (Å²) in [6.07, 6.45) is 1.57. The number of hydrogen-bond acceptors (Lipinski definition) is 6. The minimum absolute atomic E-state index is 0. The number of carbonyl (C=O) groups is 1. The molecule has 0 fully saturated rings. The van der Waals surface area contributed by atoms with Crippen LogP contribution in [-0.2, 0) is 11.2 Å². The number of fused-ring (bicyclic) bond motifs is 1. The number of benzene rings is 2. The van der Waals surface area contributed by atoms with E-state index >= 15 is 0 Å². The number of nitrogens with two attached hydrogens (primary N) is 2. The number of rotatable bonds is 6. The van der Waals surface area contributed by atoms with Crippen molar-refractivity contribution in [3.63, 3.8) is 0 Å². The third-order valence-corrected chi connectivity index (χ3v) is 5.45. The zero-order chi connectivity index (χ0) is 22.1.